The van der Waals surface area contributed by atoms with Gasteiger partial charge in [-0.15, -0.1) is 0 Å². The van der Waals surface area contributed by atoms with Crippen LogP contribution in [-0.4, -0.2) is 43.2 Å². The lowest BCUT2D eigenvalue weighted by Crippen LogP contribution is -2.51. The fraction of sp³-hybridized carbons (Fsp3) is 0.438. The molecule has 0 saturated heterocycles. The maximum absolute atomic E-state index is 12.2. The molecule has 0 unspecified atom stereocenters. The number of esters is 2. The first kappa shape index (κ1) is 21.1. The van der Waals surface area contributed by atoms with E-state index in [9.17, 15) is 14.4 Å². The minimum absolute atomic E-state index is 0.0526. The second-order valence-corrected chi connectivity index (χ2v) is 5.62. The van der Waals surface area contributed by atoms with Gasteiger partial charge in [-0.05, 0) is 39.0 Å². The van der Waals surface area contributed by atoms with E-state index < -0.39 is 30.0 Å². The maximum atomic E-state index is 12.2. The predicted octanol–water partition coefficient (Wildman–Crippen LogP) is 2.37. The lowest BCUT2D eigenvalue weighted by molar-refractivity contribution is -0.160. The van der Waals surface area contributed by atoms with E-state index in [1.54, 1.807) is 19.9 Å². The van der Waals surface area contributed by atoms with Gasteiger partial charge in [0.05, 0.1) is 18.2 Å². The number of hydrogen-bond acceptors (Lipinski definition) is 6. The number of amides is 1. The van der Waals surface area contributed by atoms with Gasteiger partial charge in [0, 0.05) is 5.02 Å². The average molecular weight is 392 g/mol. The Labute approximate surface area is 155 Å². The summed E-state index contributed by atoms with van der Waals surface area (Å²) < 4.78 is 15.0. The van der Waals surface area contributed by atoms with Gasteiger partial charge in [-0.25, -0.2) is 9.59 Å². The van der Waals surface area contributed by atoms with Crippen molar-refractivity contribution in [3.63, 3.8) is 0 Å². The van der Waals surface area contributed by atoms with Crippen molar-refractivity contribution in [2.75, 3.05) is 13.2 Å². The van der Waals surface area contributed by atoms with Gasteiger partial charge < -0.3 is 19.5 Å². The van der Waals surface area contributed by atoms with Crippen molar-refractivity contribution in [3.8, 4) is 5.75 Å². The van der Waals surface area contributed by atoms with E-state index in [1.807, 2.05) is 0 Å². The third-order valence-corrected chi connectivity index (χ3v) is 3.43. The van der Waals surface area contributed by atoms with Gasteiger partial charge in [0.25, 0.3) is 5.91 Å². The van der Waals surface area contributed by atoms with Crippen LogP contribution in [0.25, 0.3) is 0 Å². The molecular formula is C16H19Cl2NO6. The minimum atomic E-state index is -1.57. The van der Waals surface area contributed by atoms with Gasteiger partial charge in [0.1, 0.15) is 5.75 Å². The van der Waals surface area contributed by atoms with E-state index in [1.165, 1.54) is 19.1 Å². The maximum Gasteiger partial charge on any atom is 0.340 e. The van der Waals surface area contributed by atoms with E-state index in [4.69, 9.17) is 37.4 Å². The monoisotopic (exact) mass is 391 g/mol. The molecule has 0 heterocycles. The van der Waals surface area contributed by atoms with Crippen LogP contribution in [0.3, 0.4) is 0 Å². The highest BCUT2D eigenvalue weighted by atomic mass is 35.5. The molecule has 0 radical (unpaired) electrons. The van der Waals surface area contributed by atoms with Gasteiger partial charge in [-0.1, -0.05) is 23.2 Å². The molecule has 25 heavy (non-hydrogen) atoms. The molecule has 0 aromatic heterocycles. The van der Waals surface area contributed by atoms with E-state index in [2.05, 4.69) is 5.32 Å². The van der Waals surface area contributed by atoms with Crippen LogP contribution in [0.1, 0.15) is 20.8 Å². The second-order valence-electron chi connectivity index (χ2n) is 4.78. The van der Waals surface area contributed by atoms with Gasteiger partial charge in [0.15, 0.2) is 6.10 Å². The molecule has 1 rings (SSSR count). The number of carbonyl (C=O) groups is 3. The lowest BCUT2D eigenvalue weighted by atomic mass is 10.2. The third kappa shape index (κ3) is 6.43. The molecule has 0 aliphatic carbocycles. The Morgan fingerprint density at radius 2 is 1.64 bits per heavy atom. The average Bonchev–Trinajstić information content (AvgIpc) is 2.55. The quantitative estimate of drug-likeness (QED) is 0.540. The van der Waals surface area contributed by atoms with Crippen molar-refractivity contribution in [2.45, 2.75) is 32.9 Å². The molecule has 1 aromatic rings. The standard InChI is InChI=1S/C16H19Cl2NO6/c1-4-23-15(21)13(16(22)24-5-2)19-14(20)9(3)25-12-7-6-10(17)8-11(12)18/h6-9,13H,4-5H2,1-3H3,(H,19,20)/t9-/m0/s1. The van der Waals surface area contributed by atoms with Crippen molar-refractivity contribution in [2.24, 2.45) is 0 Å². The summed E-state index contributed by atoms with van der Waals surface area (Å²) in [6.07, 6.45) is -1.04. The van der Waals surface area contributed by atoms with Crippen LogP contribution in [0.2, 0.25) is 10.0 Å². The highest BCUT2D eigenvalue weighted by Crippen LogP contribution is 2.28. The van der Waals surface area contributed by atoms with Crippen molar-refractivity contribution >= 4 is 41.0 Å². The predicted molar refractivity (Wildman–Crippen MR) is 91.7 cm³/mol. The SMILES string of the molecule is CCOC(=O)C(NC(=O)[C@H](C)Oc1ccc(Cl)cc1Cl)C(=O)OCC. The summed E-state index contributed by atoms with van der Waals surface area (Å²) in [7, 11) is 0. The molecule has 0 saturated carbocycles. The highest BCUT2D eigenvalue weighted by molar-refractivity contribution is 6.35. The normalized spacial score (nSPS) is 11.6. The second kappa shape index (κ2) is 10.1. The zero-order chi connectivity index (χ0) is 19.0. The fourth-order valence-corrected chi connectivity index (χ4v) is 2.19. The molecule has 0 aliphatic rings. The number of benzene rings is 1. The topological polar surface area (TPSA) is 90.9 Å². The highest BCUT2D eigenvalue weighted by Gasteiger charge is 2.33. The summed E-state index contributed by atoms with van der Waals surface area (Å²) in [6, 6.07) is 2.94. The van der Waals surface area contributed by atoms with Crippen molar-refractivity contribution in [1.82, 2.24) is 5.32 Å². The molecule has 0 bridgehead atoms. The van der Waals surface area contributed by atoms with Crippen LogP contribution in [0.4, 0.5) is 0 Å². The summed E-state index contributed by atoms with van der Waals surface area (Å²) in [6.45, 7) is 4.70. The number of rotatable bonds is 8. The van der Waals surface area contributed by atoms with Crippen LogP contribution in [0, 0.1) is 0 Å². The molecule has 0 fully saturated rings. The van der Waals surface area contributed by atoms with E-state index in [-0.39, 0.29) is 24.0 Å². The van der Waals surface area contributed by atoms with Crippen molar-refractivity contribution in [1.29, 1.82) is 0 Å². The van der Waals surface area contributed by atoms with Gasteiger partial charge in [0.2, 0.25) is 6.04 Å². The Kier molecular flexibility index (Phi) is 8.51. The van der Waals surface area contributed by atoms with E-state index in [0.717, 1.165) is 0 Å². The Hall–Kier alpha value is -1.99. The summed E-state index contributed by atoms with van der Waals surface area (Å²) in [5, 5.41) is 2.89. The third-order valence-electron chi connectivity index (χ3n) is 2.90. The molecule has 9 heteroatoms. The minimum Gasteiger partial charge on any atom is -0.479 e. The first-order valence-electron chi connectivity index (χ1n) is 7.55. The molecular weight excluding hydrogens is 373 g/mol. The van der Waals surface area contributed by atoms with Gasteiger partial charge in [-0.2, -0.15) is 0 Å². The van der Waals surface area contributed by atoms with Crippen LogP contribution < -0.4 is 10.1 Å². The summed E-state index contributed by atoms with van der Waals surface area (Å²) in [5.74, 6) is -2.30. The Balaban J connectivity index is 2.80. The molecule has 0 spiro atoms. The van der Waals surface area contributed by atoms with Gasteiger partial charge in [-0.3, -0.25) is 4.79 Å². The largest absolute Gasteiger partial charge is 0.479 e. The summed E-state index contributed by atoms with van der Waals surface area (Å²) >= 11 is 11.8. The smallest absolute Gasteiger partial charge is 0.340 e. The van der Waals surface area contributed by atoms with E-state index >= 15 is 0 Å². The Bertz CT molecular complexity index is 619. The first-order chi connectivity index (χ1) is 11.8. The molecule has 7 nitrogen and oxygen atoms in total. The number of carbonyl (C=O) groups excluding carboxylic acids is 3. The molecule has 1 N–H and O–H groups in total. The molecule has 138 valence electrons. The van der Waals surface area contributed by atoms with Crippen LogP contribution in [0.15, 0.2) is 18.2 Å². The molecule has 1 atom stereocenters. The fourth-order valence-electron chi connectivity index (χ4n) is 1.74. The van der Waals surface area contributed by atoms with E-state index in [0.29, 0.717) is 5.02 Å². The van der Waals surface area contributed by atoms with Crippen LogP contribution in [0.5, 0.6) is 5.75 Å². The summed E-state index contributed by atoms with van der Waals surface area (Å²) in [4.78, 5) is 35.9. The number of ether oxygens (including phenoxy) is 3. The van der Waals surface area contributed by atoms with Crippen molar-refractivity contribution in [3.05, 3.63) is 28.2 Å². The Morgan fingerprint density at radius 1 is 1.08 bits per heavy atom. The number of halogens is 2. The zero-order valence-corrected chi connectivity index (χ0v) is 15.5. The lowest BCUT2D eigenvalue weighted by Gasteiger charge is -2.19. The summed E-state index contributed by atoms with van der Waals surface area (Å²) in [5.41, 5.74) is 0. The number of hydrogen-bond donors (Lipinski definition) is 1. The van der Waals surface area contributed by atoms with Crippen LogP contribution >= 0.6 is 23.2 Å². The number of nitrogens with one attached hydrogen (secondary N) is 1. The zero-order valence-electron chi connectivity index (χ0n) is 14.0. The van der Waals surface area contributed by atoms with Crippen LogP contribution in [-0.2, 0) is 23.9 Å². The van der Waals surface area contributed by atoms with Gasteiger partial charge >= 0.3 is 11.9 Å². The Morgan fingerprint density at radius 3 is 2.12 bits per heavy atom. The molecule has 0 aliphatic heterocycles. The van der Waals surface area contributed by atoms with Crippen molar-refractivity contribution < 1.29 is 28.6 Å². The molecule has 1 aromatic carbocycles. The molecule has 1 amide bonds. The first-order valence-corrected chi connectivity index (χ1v) is 8.31.